The molecule has 0 bridgehead atoms. The van der Waals surface area contributed by atoms with E-state index in [0.717, 1.165) is 24.2 Å². The van der Waals surface area contributed by atoms with Gasteiger partial charge < -0.3 is 10.2 Å². The summed E-state index contributed by atoms with van der Waals surface area (Å²) in [5, 5.41) is 3.46. The number of carbonyl (C=O) groups excluding carboxylic acids is 1. The molecule has 0 aliphatic heterocycles. The molecule has 6 heteroatoms. The lowest BCUT2D eigenvalue weighted by Crippen LogP contribution is -2.21. The molecule has 0 saturated carbocycles. The smallest absolute Gasteiger partial charge is 0.274 e. The Bertz CT molecular complexity index is 930. The van der Waals surface area contributed by atoms with Crippen LogP contribution < -0.4 is 10.2 Å². The van der Waals surface area contributed by atoms with Crippen molar-refractivity contribution in [2.75, 3.05) is 23.8 Å². The van der Waals surface area contributed by atoms with Crippen molar-refractivity contribution >= 4 is 28.9 Å². The van der Waals surface area contributed by atoms with E-state index >= 15 is 0 Å². The lowest BCUT2D eigenvalue weighted by Gasteiger charge is -2.19. The number of hydrogen-bond acceptors (Lipinski definition) is 4. The molecule has 0 fully saturated rings. The number of amides is 1. The first kappa shape index (κ1) is 18.9. The second-order valence-electron chi connectivity index (χ2n) is 6.34. The molecule has 0 spiro atoms. The molecule has 2 aromatic heterocycles. The standard InChI is InChI=1S/C21H21ClN4O/c1-15-3-4-17(22)13-19(15)25-21(27)20-14-18(7-11-24-20)26(2)12-8-16-5-9-23-10-6-16/h3-7,9-11,13-14H,8,12H2,1-2H3,(H,25,27). The molecule has 0 aliphatic carbocycles. The molecule has 1 N–H and O–H groups in total. The Morgan fingerprint density at radius 3 is 2.67 bits per heavy atom. The lowest BCUT2D eigenvalue weighted by atomic mass is 10.2. The van der Waals surface area contributed by atoms with Crippen LogP contribution in [0.2, 0.25) is 5.02 Å². The van der Waals surface area contributed by atoms with Gasteiger partial charge in [0, 0.05) is 48.6 Å². The summed E-state index contributed by atoms with van der Waals surface area (Å²) in [5.41, 5.74) is 4.15. The molecule has 5 nitrogen and oxygen atoms in total. The molecule has 27 heavy (non-hydrogen) atoms. The lowest BCUT2D eigenvalue weighted by molar-refractivity contribution is 0.102. The monoisotopic (exact) mass is 380 g/mol. The Labute approximate surface area is 164 Å². The number of likely N-dealkylation sites (N-methyl/N-ethyl adjacent to an activating group) is 1. The first-order valence-corrected chi connectivity index (χ1v) is 9.04. The van der Waals surface area contributed by atoms with E-state index in [1.54, 1.807) is 36.8 Å². The number of rotatable bonds is 6. The third-order valence-corrected chi connectivity index (χ3v) is 4.59. The van der Waals surface area contributed by atoms with Gasteiger partial charge in [0.1, 0.15) is 5.69 Å². The average molecular weight is 381 g/mol. The fraction of sp³-hybridized carbons (Fsp3) is 0.190. The maximum atomic E-state index is 12.6. The number of aryl methyl sites for hydroxylation is 1. The van der Waals surface area contributed by atoms with Crippen LogP contribution in [0.5, 0.6) is 0 Å². The highest BCUT2D eigenvalue weighted by Gasteiger charge is 2.12. The quantitative estimate of drug-likeness (QED) is 0.689. The summed E-state index contributed by atoms with van der Waals surface area (Å²) in [6.45, 7) is 2.74. The maximum absolute atomic E-state index is 12.6. The van der Waals surface area contributed by atoms with E-state index < -0.39 is 0 Å². The van der Waals surface area contributed by atoms with E-state index in [2.05, 4.69) is 20.2 Å². The number of anilines is 2. The van der Waals surface area contributed by atoms with Gasteiger partial charge in [-0.15, -0.1) is 0 Å². The minimum atomic E-state index is -0.259. The van der Waals surface area contributed by atoms with E-state index in [-0.39, 0.29) is 5.91 Å². The number of hydrogen-bond donors (Lipinski definition) is 1. The van der Waals surface area contributed by atoms with Crippen molar-refractivity contribution in [1.82, 2.24) is 9.97 Å². The highest BCUT2D eigenvalue weighted by molar-refractivity contribution is 6.31. The number of carbonyl (C=O) groups is 1. The Morgan fingerprint density at radius 2 is 1.89 bits per heavy atom. The van der Waals surface area contributed by atoms with Crippen molar-refractivity contribution < 1.29 is 4.79 Å². The molecule has 3 rings (SSSR count). The van der Waals surface area contributed by atoms with Crippen LogP contribution in [0.1, 0.15) is 21.6 Å². The van der Waals surface area contributed by atoms with Crippen LogP contribution in [0.4, 0.5) is 11.4 Å². The summed E-state index contributed by atoms with van der Waals surface area (Å²) in [5.74, 6) is -0.259. The van der Waals surface area contributed by atoms with Crippen molar-refractivity contribution in [3.63, 3.8) is 0 Å². The third kappa shape index (κ3) is 5.05. The molecular formula is C21H21ClN4O. The highest BCUT2D eigenvalue weighted by atomic mass is 35.5. The van der Waals surface area contributed by atoms with Gasteiger partial charge in [-0.25, -0.2) is 0 Å². The number of aromatic nitrogens is 2. The number of halogens is 1. The Hall–Kier alpha value is -2.92. The van der Waals surface area contributed by atoms with Gasteiger partial charge in [-0.05, 0) is 60.9 Å². The summed E-state index contributed by atoms with van der Waals surface area (Å²) in [6.07, 6.45) is 6.13. The van der Waals surface area contributed by atoms with Crippen LogP contribution in [0.15, 0.2) is 61.1 Å². The predicted octanol–water partition coefficient (Wildman–Crippen LogP) is 4.37. The van der Waals surface area contributed by atoms with Crippen LogP contribution >= 0.6 is 11.6 Å². The van der Waals surface area contributed by atoms with Crippen molar-refractivity contribution in [1.29, 1.82) is 0 Å². The molecule has 1 aromatic carbocycles. The SMILES string of the molecule is Cc1ccc(Cl)cc1NC(=O)c1cc(N(C)CCc2ccncc2)ccn1. The Morgan fingerprint density at radius 1 is 1.11 bits per heavy atom. The van der Waals surface area contributed by atoms with Gasteiger partial charge in [0.2, 0.25) is 0 Å². The zero-order valence-corrected chi connectivity index (χ0v) is 16.1. The Kier molecular flexibility index (Phi) is 6.04. The van der Waals surface area contributed by atoms with Crippen molar-refractivity contribution in [2.24, 2.45) is 0 Å². The number of pyridine rings is 2. The van der Waals surface area contributed by atoms with Gasteiger partial charge in [-0.1, -0.05) is 17.7 Å². The summed E-state index contributed by atoms with van der Waals surface area (Å²) >= 11 is 6.02. The summed E-state index contributed by atoms with van der Waals surface area (Å²) in [6, 6.07) is 13.1. The summed E-state index contributed by atoms with van der Waals surface area (Å²) in [7, 11) is 2.00. The zero-order chi connectivity index (χ0) is 19.2. The first-order valence-electron chi connectivity index (χ1n) is 8.66. The van der Waals surface area contributed by atoms with Gasteiger partial charge in [0.25, 0.3) is 5.91 Å². The van der Waals surface area contributed by atoms with E-state index in [0.29, 0.717) is 16.4 Å². The molecular weight excluding hydrogens is 360 g/mol. The first-order chi connectivity index (χ1) is 13.0. The molecule has 0 saturated heterocycles. The number of nitrogens with one attached hydrogen (secondary N) is 1. The molecule has 3 aromatic rings. The van der Waals surface area contributed by atoms with Gasteiger partial charge >= 0.3 is 0 Å². The van der Waals surface area contributed by atoms with Crippen LogP contribution in [0.25, 0.3) is 0 Å². The molecule has 0 unspecified atom stereocenters. The second-order valence-corrected chi connectivity index (χ2v) is 6.78. The van der Waals surface area contributed by atoms with Crippen LogP contribution in [0, 0.1) is 6.92 Å². The molecule has 0 radical (unpaired) electrons. The Balaban J connectivity index is 1.68. The highest BCUT2D eigenvalue weighted by Crippen LogP contribution is 2.21. The minimum Gasteiger partial charge on any atom is -0.374 e. The fourth-order valence-corrected chi connectivity index (χ4v) is 2.84. The molecule has 2 heterocycles. The number of nitrogens with zero attached hydrogens (tertiary/aromatic N) is 3. The van der Waals surface area contributed by atoms with Crippen molar-refractivity contribution in [3.05, 3.63) is 82.9 Å². The normalized spacial score (nSPS) is 10.5. The van der Waals surface area contributed by atoms with Crippen molar-refractivity contribution in [3.8, 4) is 0 Å². The summed E-state index contributed by atoms with van der Waals surface area (Å²) < 4.78 is 0. The molecule has 138 valence electrons. The van der Waals surface area contributed by atoms with Crippen LogP contribution in [0.3, 0.4) is 0 Å². The van der Waals surface area contributed by atoms with Gasteiger partial charge in [0.15, 0.2) is 0 Å². The van der Waals surface area contributed by atoms with Gasteiger partial charge in [-0.3, -0.25) is 14.8 Å². The van der Waals surface area contributed by atoms with E-state index in [9.17, 15) is 4.79 Å². The molecule has 1 amide bonds. The minimum absolute atomic E-state index is 0.259. The predicted molar refractivity (Wildman–Crippen MR) is 110 cm³/mol. The third-order valence-electron chi connectivity index (χ3n) is 4.35. The van der Waals surface area contributed by atoms with E-state index in [4.69, 9.17) is 11.6 Å². The van der Waals surface area contributed by atoms with Gasteiger partial charge in [-0.2, -0.15) is 0 Å². The second kappa shape index (κ2) is 8.64. The molecule has 0 aliphatic rings. The fourth-order valence-electron chi connectivity index (χ4n) is 2.67. The largest absolute Gasteiger partial charge is 0.374 e. The molecule has 0 atom stereocenters. The summed E-state index contributed by atoms with van der Waals surface area (Å²) in [4.78, 5) is 22.9. The number of benzene rings is 1. The van der Waals surface area contributed by atoms with Crippen molar-refractivity contribution in [2.45, 2.75) is 13.3 Å². The van der Waals surface area contributed by atoms with E-state index in [1.165, 1.54) is 5.56 Å². The average Bonchev–Trinajstić information content (AvgIpc) is 2.69. The van der Waals surface area contributed by atoms with Crippen LogP contribution in [-0.2, 0) is 6.42 Å². The zero-order valence-electron chi connectivity index (χ0n) is 15.3. The van der Waals surface area contributed by atoms with E-state index in [1.807, 2.05) is 38.2 Å². The van der Waals surface area contributed by atoms with Gasteiger partial charge in [0.05, 0.1) is 0 Å². The van der Waals surface area contributed by atoms with Crippen LogP contribution in [-0.4, -0.2) is 29.5 Å². The maximum Gasteiger partial charge on any atom is 0.274 e. The topological polar surface area (TPSA) is 58.1 Å².